The number of hydrogen-bond acceptors (Lipinski definition) is 14. The number of benzene rings is 5. The Balaban J connectivity index is 0.000000214. The van der Waals surface area contributed by atoms with E-state index in [1.807, 2.05) is 92.0 Å². The van der Waals surface area contributed by atoms with E-state index >= 15 is 0 Å². The molecule has 19 heteroatoms. The van der Waals surface area contributed by atoms with Gasteiger partial charge in [0.2, 0.25) is 23.7 Å². The first-order valence-electron chi connectivity index (χ1n) is 22.1. The Bertz CT molecular complexity index is 3430. The van der Waals surface area contributed by atoms with Gasteiger partial charge < -0.3 is 47.5 Å². The minimum Gasteiger partial charge on any atom is -0.346 e. The van der Waals surface area contributed by atoms with E-state index in [1.54, 1.807) is 73.6 Å². The van der Waals surface area contributed by atoms with Gasteiger partial charge in [0.1, 0.15) is 17.3 Å². The summed E-state index contributed by atoms with van der Waals surface area (Å²) in [6.45, 7) is 5.77. The highest BCUT2D eigenvalue weighted by molar-refractivity contribution is 7.90. The van der Waals surface area contributed by atoms with Crippen LogP contribution in [0.2, 0.25) is 0 Å². The predicted molar refractivity (Wildman–Crippen MR) is 285 cm³/mol. The summed E-state index contributed by atoms with van der Waals surface area (Å²) in [7, 11) is -0.498. The van der Waals surface area contributed by atoms with Crippen LogP contribution >= 0.6 is 0 Å². The second-order valence-corrected chi connectivity index (χ2v) is 18.1. The van der Waals surface area contributed by atoms with Crippen LogP contribution in [0.1, 0.15) is 38.0 Å². The van der Waals surface area contributed by atoms with Crippen molar-refractivity contribution < 1.29 is 18.0 Å². The molecular weight excluding hydrogens is 917 g/mol. The first kappa shape index (κ1) is 50.2. The average Bonchev–Trinajstić information content (AvgIpc) is 4.03. The lowest BCUT2D eigenvalue weighted by Crippen LogP contribution is -2.22. The Morgan fingerprint density at radius 1 is 0.606 bits per heavy atom. The second-order valence-electron chi connectivity index (χ2n) is 16.3. The molecule has 0 radical (unpaired) electrons. The van der Waals surface area contributed by atoms with Gasteiger partial charge in [-0.3, -0.25) is 9.59 Å². The van der Waals surface area contributed by atoms with Gasteiger partial charge in [-0.05, 0) is 115 Å². The van der Waals surface area contributed by atoms with Gasteiger partial charge in [0.05, 0.1) is 15.7 Å². The Morgan fingerprint density at radius 2 is 1.10 bits per heavy atom. The number of nitrogens with one attached hydrogen (secondary N) is 5. The van der Waals surface area contributed by atoms with Crippen LogP contribution in [0.3, 0.4) is 0 Å². The van der Waals surface area contributed by atoms with E-state index in [0.717, 1.165) is 60.1 Å². The highest BCUT2D eigenvalue weighted by Gasteiger charge is 2.23. The predicted octanol–water partition coefficient (Wildman–Crippen LogP) is 9.43. The summed E-state index contributed by atoms with van der Waals surface area (Å²) in [5.74, 6) is 1.65. The number of carbonyl (C=O) groups excluding carboxylic acids is 2. The summed E-state index contributed by atoms with van der Waals surface area (Å²) in [5.41, 5.74) is 20.1. The number of rotatable bonds is 14. The summed E-state index contributed by atoms with van der Waals surface area (Å²) in [5, 5.41) is 14.5. The molecule has 0 saturated carbocycles. The molecule has 2 amide bonds. The van der Waals surface area contributed by atoms with Gasteiger partial charge in [-0.25, -0.2) is 12.4 Å². The number of aryl methyl sites for hydroxylation is 1. The van der Waals surface area contributed by atoms with E-state index in [4.69, 9.17) is 11.5 Å². The molecule has 0 aliphatic heterocycles. The first-order chi connectivity index (χ1) is 33.7. The number of fused-ring (bicyclic) bond motifs is 2. The van der Waals surface area contributed by atoms with Gasteiger partial charge in [0.25, 0.3) is 10.0 Å². The van der Waals surface area contributed by atoms with Gasteiger partial charge in [-0.2, -0.15) is 19.9 Å². The summed E-state index contributed by atoms with van der Waals surface area (Å²) >= 11 is 0. The van der Waals surface area contributed by atoms with Crippen molar-refractivity contribution in [3.05, 3.63) is 163 Å². The first-order valence-corrected chi connectivity index (χ1v) is 23.5. The zero-order valence-electron chi connectivity index (χ0n) is 39.1. The molecular formula is C52H56N14O4S. The molecule has 18 nitrogen and oxygen atoms in total. The molecule has 364 valence electrons. The van der Waals surface area contributed by atoms with Gasteiger partial charge in [0.15, 0.2) is 5.65 Å². The molecule has 5 aromatic carbocycles. The van der Waals surface area contributed by atoms with Crippen molar-refractivity contribution >= 4 is 102 Å². The Hall–Kier alpha value is -8.65. The van der Waals surface area contributed by atoms with Crippen molar-refractivity contribution in [2.45, 2.75) is 46.2 Å². The van der Waals surface area contributed by atoms with Gasteiger partial charge >= 0.3 is 0 Å². The van der Waals surface area contributed by atoms with E-state index in [0.29, 0.717) is 41.7 Å². The number of nitrogens with two attached hydrogens (primary N) is 2. The molecule has 4 heterocycles. The standard InChI is InChI=1S/C29H29N7O3S.C22H23N7O.CH4/c1-19-7-13-25(14-8-19)40(38,39)36-16-15-26-27(31-23-6-4-5-21(17-23)18-30)33-29(34-28(26)36)32-22-9-11-24(12-10-22)35(3)20(2)37;1-14(30)29(2)18-8-6-16(7-9-18)26-22-27-20-19(10-11-24-20)21(28-22)25-17-5-3-4-15(12-17)13-23;/h4-17H,18,30H2,1-3H3,(H2,31,32,33,34);3-12H,13,23H2,1-2H3,(H3,24,25,26,27,28);1H4. The molecule has 0 spiro atoms. The van der Waals surface area contributed by atoms with Crippen LogP contribution in [0.4, 0.5) is 57.7 Å². The fourth-order valence-electron chi connectivity index (χ4n) is 7.24. The smallest absolute Gasteiger partial charge is 0.269 e. The van der Waals surface area contributed by atoms with Crippen LogP contribution < -0.4 is 42.5 Å². The van der Waals surface area contributed by atoms with E-state index < -0.39 is 10.0 Å². The van der Waals surface area contributed by atoms with Crippen molar-refractivity contribution in [1.82, 2.24) is 28.9 Å². The Labute approximate surface area is 412 Å². The average molecular weight is 973 g/mol. The molecule has 0 atom stereocenters. The molecule has 9 rings (SSSR count). The molecule has 4 aromatic heterocycles. The third-order valence-electron chi connectivity index (χ3n) is 11.3. The van der Waals surface area contributed by atoms with Gasteiger partial charge in [-0.1, -0.05) is 49.4 Å². The molecule has 0 aliphatic rings. The van der Waals surface area contributed by atoms with Crippen molar-refractivity contribution in [1.29, 1.82) is 0 Å². The second kappa shape index (κ2) is 21.8. The lowest BCUT2D eigenvalue weighted by molar-refractivity contribution is -0.117. The topological polar surface area (TPSA) is 247 Å². The largest absolute Gasteiger partial charge is 0.346 e. The quantitative estimate of drug-likeness (QED) is 0.0537. The van der Waals surface area contributed by atoms with Crippen LogP contribution in [0.5, 0.6) is 0 Å². The molecule has 0 saturated heterocycles. The van der Waals surface area contributed by atoms with Crippen LogP contribution in [-0.4, -0.2) is 63.2 Å². The van der Waals surface area contributed by atoms with Gasteiger partial charge in [0, 0.05) is 87.6 Å². The Kier molecular flexibility index (Phi) is 15.4. The molecule has 0 aliphatic carbocycles. The summed E-state index contributed by atoms with van der Waals surface area (Å²) in [6, 6.07) is 40.5. The third kappa shape index (κ3) is 11.6. The number of nitrogens with zero attached hydrogens (tertiary/aromatic N) is 7. The van der Waals surface area contributed by atoms with Crippen LogP contribution in [0, 0.1) is 6.92 Å². The monoisotopic (exact) mass is 972 g/mol. The van der Waals surface area contributed by atoms with E-state index in [2.05, 4.69) is 46.2 Å². The fraction of sp³-hybridized carbons (Fsp3) is 0.154. The molecule has 0 unspecified atom stereocenters. The van der Waals surface area contributed by atoms with Crippen LogP contribution in [0.15, 0.2) is 151 Å². The Morgan fingerprint density at radius 3 is 1.59 bits per heavy atom. The molecule has 0 bridgehead atoms. The van der Waals surface area contributed by atoms with Gasteiger partial charge in [-0.15, -0.1) is 0 Å². The zero-order valence-corrected chi connectivity index (χ0v) is 39.9. The number of anilines is 10. The lowest BCUT2D eigenvalue weighted by Gasteiger charge is -2.16. The molecule has 9 aromatic rings. The van der Waals surface area contributed by atoms with E-state index in [-0.39, 0.29) is 35.7 Å². The lowest BCUT2D eigenvalue weighted by atomic mass is 10.2. The van der Waals surface area contributed by atoms with E-state index in [1.165, 1.54) is 24.9 Å². The SMILES string of the molecule is C.CC(=O)N(C)c1ccc(Nc2nc(Nc3cccc(CN)c3)c3cc[nH]c3n2)cc1.CC(=O)N(C)c1ccc(Nc2nc(Nc3cccc(CN)c3)c3ccn(S(=O)(=O)c4ccc(C)cc4)c3n2)cc1. The molecule has 0 fully saturated rings. The normalized spacial score (nSPS) is 11.0. The summed E-state index contributed by atoms with van der Waals surface area (Å²) in [4.78, 5) is 48.1. The molecule has 71 heavy (non-hydrogen) atoms. The van der Waals surface area contributed by atoms with Crippen molar-refractivity contribution in [2.75, 3.05) is 45.2 Å². The number of aromatic amines is 1. The van der Waals surface area contributed by atoms with Crippen molar-refractivity contribution in [3.63, 3.8) is 0 Å². The van der Waals surface area contributed by atoms with Crippen LogP contribution in [-0.2, 0) is 32.7 Å². The van der Waals surface area contributed by atoms with Crippen LogP contribution in [0.25, 0.3) is 22.1 Å². The highest BCUT2D eigenvalue weighted by atomic mass is 32.2. The number of carbonyl (C=O) groups is 2. The third-order valence-corrected chi connectivity index (χ3v) is 13.0. The zero-order chi connectivity index (χ0) is 49.5. The summed E-state index contributed by atoms with van der Waals surface area (Å²) in [6.07, 6.45) is 3.31. The summed E-state index contributed by atoms with van der Waals surface area (Å²) < 4.78 is 28.4. The number of hydrogen-bond donors (Lipinski definition) is 7. The fourth-order valence-corrected chi connectivity index (χ4v) is 8.53. The number of H-pyrrole nitrogens is 1. The van der Waals surface area contributed by atoms with Crippen molar-refractivity contribution in [2.24, 2.45) is 11.5 Å². The maximum atomic E-state index is 13.6. The highest BCUT2D eigenvalue weighted by Crippen LogP contribution is 2.31. The van der Waals surface area contributed by atoms with E-state index in [9.17, 15) is 18.0 Å². The van der Waals surface area contributed by atoms with Crippen molar-refractivity contribution in [3.8, 4) is 0 Å². The number of amides is 2. The maximum Gasteiger partial charge on any atom is 0.269 e. The minimum atomic E-state index is -3.94. The molecule has 9 N–H and O–H groups in total. The minimum absolute atomic E-state index is 0. The number of aromatic nitrogens is 6. The maximum absolute atomic E-state index is 13.6.